The summed E-state index contributed by atoms with van der Waals surface area (Å²) in [5, 5.41) is 4.17. The molecule has 1 fully saturated rings. The molecule has 2 atom stereocenters. The van der Waals surface area contributed by atoms with Crippen LogP contribution in [0.25, 0.3) is 10.2 Å². The molecule has 42 heavy (non-hydrogen) atoms. The summed E-state index contributed by atoms with van der Waals surface area (Å²) in [4.78, 5) is 23.0. The fourth-order valence-corrected chi connectivity index (χ4v) is 7.50. The highest BCUT2D eigenvalue weighted by Gasteiger charge is 2.35. The van der Waals surface area contributed by atoms with Crippen molar-refractivity contribution in [2.75, 3.05) is 39.2 Å². The zero-order valence-corrected chi connectivity index (χ0v) is 25.6. The van der Waals surface area contributed by atoms with Gasteiger partial charge in [0.05, 0.1) is 29.4 Å². The molecule has 2 aliphatic heterocycles. The van der Waals surface area contributed by atoms with E-state index in [-0.39, 0.29) is 5.91 Å². The minimum Gasteiger partial charge on any atom is -0.493 e. The Kier molecular flexibility index (Phi) is 8.74. The van der Waals surface area contributed by atoms with Gasteiger partial charge in [0.1, 0.15) is 0 Å². The van der Waals surface area contributed by atoms with Crippen LogP contribution in [0.3, 0.4) is 0 Å². The number of ether oxygens (including phenoxy) is 2. The van der Waals surface area contributed by atoms with Crippen LogP contribution in [0.15, 0.2) is 60.7 Å². The lowest BCUT2D eigenvalue weighted by atomic mass is 9.85. The number of hydrogen-bond acceptors (Lipinski definition) is 7. The van der Waals surface area contributed by atoms with E-state index in [0.717, 1.165) is 84.4 Å². The molecule has 0 unspecified atom stereocenters. The van der Waals surface area contributed by atoms with Crippen LogP contribution in [-0.4, -0.2) is 60.6 Å². The van der Waals surface area contributed by atoms with E-state index in [1.807, 2.05) is 25.1 Å². The number of fused-ring (bicyclic) bond motifs is 2. The SMILES string of the molecule is COc1cc2c(cc1OC)CN([C@@H]1CCN(Cc3ccccc3)C[C@@H]1CCC(=O)Nc1ccc3sc(C)nc3c1)CC2. The largest absolute Gasteiger partial charge is 0.493 e. The van der Waals surface area contributed by atoms with Gasteiger partial charge in [0, 0.05) is 44.3 Å². The van der Waals surface area contributed by atoms with E-state index in [9.17, 15) is 4.79 Å². The highest BCUT2D eigenvalue weighted by atomic mass is 32.1. The van der Waals surface area contributed by atoms with E-state index in [1.54, 1.807) is 25.6 Å². The van der Waals surface area contributed by atoms with Gasteiger partial charge in [-0.05, 0) is 85.7 Å². The number of carbonyl (C=O) groups is 1. The van der Waals surface area contributed by atoms with Crippen molar-refractivity contribution in [2.24, 2.45) is 5.92 Å². The number of amides is 1. The zero-order valence-electron chi connectivity index (χ0n) is 24.8. The molecule has 2 aliphatic rings. The van der Waals surface area contributed by atoms with Crippen molar-refractivity contribution in [2.45, 2.75) is 51.7 Å². The van der Waals surface area contributed by atoms with Crippen molar-refractivity contribution < 1.29 is 14.3 Å². The topological polar surface area (TPSA) is 66.9 Å². The molecule has 0 saturated carbocycles. The van der Waals surface area contributed by atoms with Crippen LogP contribution in [0.5, 0.6) is 11.5 Å². The minimum atomic E-state index is 0.0704. The first-order valence-electron chi connectivity index (χ1n) is 14.9. The van der Waals surface area contributed by atoms with Crippen molar-refractivity contribution >= 4 is 33.1 Å². The van der Waals surface area contributed by atoms with E-state index in [4.69, 9.17) is 9.47 Å². The highest BCUT2D eigenvalue weighted by molar-refractivity contribution is 7.18. The first-order valence-corrected chi connectivity index (χ1v) is 15.7. The molecule has 3 heterocycles. The predicted molar refractivity (Wildman–Crippen MR) is 169 cm³/mol. The number of hydrogen-bond donors (Lipinski definition) is 1. The summed E-state index contributed by atoms with van der Waals surface area (Å²) in [6, 6.07) is 21.4. The second-order valence-electron chi connectivity index (χ2n) is 11.5. The number of piperidine rings is 1. The molecular weight excluding hydrogens is 544 g/mol. The summed E-state index contributed by atoms with van der Waals surface area (Å²) in [6.07, 6.45) is 3.45. The van der Waals surface area contributed by atoms with Gasteiger partial charge < -0.3 is 14.8 Å². The van der Waals surface area contributed by atoms with Crippen molar-refractivity contribution in [3.05, 3.63) is 82.4 Å². The number of likely N-dealkylation sites (tertiary alicyclic amines) is 1. The van der Waals surface area contributed by atoms with Crippen LogP contribution < -0.4 is 14.8 Å². The third-order valence-corrected chi connectivity index (χ3v) is 9.72. The molecule has 0 bridgehead atoms. The van der Waals surface area contributed by atoms with Crippen LogP contribution >= 0.6 is 11.3 Å². The summed E-state index contributed by atoms with van der Waals surface area (Å²) in [6.45, 7) is 6.93. The molecule has 0 spiro atoms. The van der Waals surface area contributed by atoms with Crippen LogP contribution in [0, 0.1) is 12.8 Å². The molecular formula is C34H40N4O3S. The Labute approximate surface area is 252 Å². The van der Waals surface area contributed by atoms with Gasteiger partial charge in [0.2, 0.25) is 5.91 Å². The third-order valence-electron chi connectivity index (χ3n) is 8.76. The van der Waals surface area contributed by atoms with Gasteiger partial charge in [0.15, 0.2) is 11.5 Å². The quantitative estimate of drug-likeness (QED) is 0.250. The first-order chi connectivity index (χ1) is 20.5. The lowest BCUT2D eigenvalue weighted by Crippen LogP contribution is -2.52. The lowest BCUT2D eigenvalue weighted by molar-refractivity contribution is -0.116. The van der Waals surface area contributed by atoms with E-state index < -0.39 is 0 Å². The number of benzene rings is 3. The lowest BCUT2D eigenvalue weighted by Gasteiger charge is -2.45. The smallest absolute Gasteiger partial charge is 0.224 e. The average molecular weight is 585 g/mol. The molecule has 3 aromatic carbocycles. The highest BCUT2D eigenvalue weighted by Crippen LogP contribution is 2.36. The number of anilines is 1. The number of nitrogens with zero attached hydrogens (tertiary/aromatic N) is 3. The molecule has 1 saturated heterocycles. The molecule has 1 aromatic heterocycles. The molecule has 0 aliphatic carbocycles. The third kappa shape index (κ3) is 6.46. The monoisotopic (exact) mass is 584 g/mol. The van der Waals surface area contributed by atoms with Gasteiger partial charge in [-0.25, -0.2) is 4.98 Å². The van der Waals surface area contributed by atoms with Crippen LogP contribution in [0.4, 0.5) is 5.69 Å². The Morgan fingerprint density at radius 1 is 1.02 bits per heavy atom. The number of rotatable bonds is 9. The van der Waals surface area contributed by atoms with Gasteiger partial charge in [0.25, 0.3) is 0 Å². The number of aromatic nitrogens is 1. The minimum absolute atomic E-state index is 0.0704. The van der Waals surface area contributed by atoms with Crippen molar-refractivity contribution in [3.8, 4) is 11.5 Å². The van der Waals surface area contributed by atoms with Gasteiger partial charge in [-0.3, -0.25) is 14.6 Å². The van der Waals surface area contributed by atoms with Crippen LogP contribution in [0.2, 0.25) is 0 Å². The Balaban J connectivity index is 1.15. The maximum atomic E-state index is 13.2. The number of methoxy groups -OCH3 is 2. The Morgan fingerprint density at radius 3 is 2.60 bits per heavy atom. The molecule has 1 N–H and O–H groups in total. The summed E-state index contributed by atoms with van der Waals surface area (Å²) in [5.41, 5.74) is 5.76. The molecule has 1 amide bonds. The van der Waals surface area contributed by atoms with Crippen LogP contribution in [0.1, 0.15) is 41.0 Å². The van der Waals surface area contributed by atoms with E-state index in [1.165, 1.54) is 16.7 Å². The molecule has 8 heteroatoms. The van der Waals surface area contributed by atoms with E-state index in [2.05, 4.69) is 62.6 Å². The number of aryl methyl sites for hydroxylation is 1. The standard InChI is InChI=1S/C34H40N4O3S/c1-23-35-29-19-28(10-11-33(29)42-23)36-34(39)12-9-26-21-37(20-24-7-5-4-6-8-24)15-14-30(26)38-16-13-25-17-31(40-2)32(41-3)18-27(25)22-38/h4-8,10-11,17-19,26,30H,9,12-16,20-22H2,1-3H3,(H,36,39)/t26-,30+/m0/s1. The maximum Gasteiger partial charge on any atom is 0.224 e. The van der Waals surface area contributed by atoms with Gasteiger partial charge in [-0.2, -0.15) is 0 Å². The van der Waals surface area contributed by atoms with Crippen LogP contribution in [-0.2, 0) is 24.3 Å². The van der Waals surface area contributed by atoms with Gasteiger partial charge >= 0.3 is 0 Å². The normalized spacial score (nSPS) is 19.4. The van der Waals surface area contributed by atoms with Crippen molar-refractivity contribution in [1.29, 1.82) is 0 Å². The molecule has 220 valence electrons. The Hall–Kier alpha value is -3.46. The zero-order chi connectivity index (χ0) is 29.1. The molecule has 6 rings (SSSR count). The van der Waals surface area contributed by atoms with E-state index in [0.29, 0.717) is 18.4 Å². The summed E-state index contributed by atoms with van der Waals surface area (Å²) in [5.74, 6) is 2.06. The second-order valence-corrected chi connectivity index (χ2v) is 12.8. The van der Waals surface area contributed by atoms with Crippen molar-refractivity contribution in [3.63, 3.8) is 0 Å². The maximum absolute atomic E-state index is 13.2. The summed E-state index contributed by atoms with van der Waals surface area (Å²) >= 11 is 1.68. The van der Waals surface area contributed by atoms with E-state index >= 15 is 0 Å². The van der Waals surface area contributed by atoms with Gasteiger partial charge in [-0.15, -0.1) is 11.3 Å². The fourth-order valence-electron chi connectivity index (χ4n) is 6.69. The number of carbonyl (C=O) groups excluding carboxylic acids is 1. The molecule has 7 nitrogen and oxygen atoms in total. The summed E-state index contributed by atoms with van der Waals surface area (Å²) in [7, 11) is 3.39. The molecule has 4 aromatic rings. The average Bonchev–Trinajstić information content (AvgIpc) is 3.39. The Morgan fingerprint density at radius 2 is 1.81 bits per heavy atom. The molecule has 0 radical (unpaired) electrons. The van der Waals surface area contributed by atoms with Gasteiger partial charge in [-0.1, -0.05) is 30.3 Å². The summed E-state index contributed by atoms with van der Waals surface area (Å²) < 4.78 is 12.3. The van der Waals surface area contributed by atoms with Crippen molar-refractivity contribution in [1.82, 2.24) is 14.8 Å². The number of thiazole rings is 1. The predicted octanol–water partition coefficient (Wildman–Crippen LogP) is 6.29. The second kappa shape index (κ2) is 12.8. The first kappa shape index (κ1) is 28.6. The Bertz CT molecular complexity index is 1540. The number of nitrogens with one attached hydrogen (secondary N) is 1. The fraction of sp³-hybridized carbons (Fsp3) is 0.412.